The molecule has 2 N–H and O–H groups in total. The SMILES string of the molecule is CC(C)[C@H]1CN=C2C=C3N[C@@H](Cc4ccc(O)cc4)CN3[C@@H](Cc3ccccc3)CN21. The molecule has 5 rings (SSSR count). The lowest BCUT2D eigenvalue weighted by molar-refractivity contribution is 0.195. The van der Waals surface area contributed by atoms with Gasteiger partial charge in [-0.25, -0.2) is 0 Å². The van der Waals surface area contributed by atoms with E-state index in [0.717, 1.165) is 38.3 Å². The largest absolute Gasteiger partial charge is 0.508 e. The quantitative estimate of drug-likeness (QED) is 0.784. The van der Waals surface area contributed by atoms with Crippen molar-refractivity contribution in [2.75, 3.05) is 19.6 Å². The van der Waals surface area contributed by atoms with Crippen LogP contribution in [0.25, 0.3) is 0 Å². The van der Waals surface area contributed by atoms with E-state index in [-0.39, 0.29) is 0 Å². The second kappa shape index (κ2) is 8.29. The predicted molar refractivity (Wildman–Crippen MR) is 125 cm³/mol. The number of phenolic OH excluding ortho intramolecular Hbond substituents is 1. The molecule has 0 unspecified atom stereocenters. The van der Waals surface area contributed by atoms with Crippen LogP contribution in [-0.4, -0.2) is 58.5 Å². The molecule has 2 aromatic carbocycles. The maximum absolute atomic E-state index is 9.59. The number of fused-ring (bicyclic) bond motifs is 2. The number of aliphatic imine (C=N–C) groups is 1. The molecule has 0 saturated carbocycles. The van der Waals surface area contributed by atoms with Gasteiger partial charge in [0, 0.05) is 25.2 Å². The van der Waals surface area contributed by atoms with Crippen molar-refractivity contribution < 1.29 is 5.11 Å². The zero-order valence-electron chi connectivity index (χ0n) is 18.4. The molecule has 0 bridgehead atoms. The third-order valence-electron chi connectivity index (χ3n) is 6.83. The molecule has 0 aromatic heterocycles. The summed E-state index contributed by atoms with van der Waals surface area (Å²) in [6.45, 7) is 7.49. The van der Waals surface area contributed by atoms with Crippen molar-refractivity contribution >= 4 is 5.84 Å². The number of amidine groups is 1. The average molecular weight is 417 g/mol. The Hall–Kier alpha value is -2.95. The number of phenols is 1. The van der Waals surface area contributed by atoms with Gasteiger partial charge in [0.2, 0.25) is 0 Å². The van der Waals surface area contributed by atoms with Crippen LogP contribution in [0.5, 0.6) is 5.75 Å². The van der Waals surface area contributed by atoms with Crippen LogP contribution in [0.1, 0.15) is 25.0 Å². The highest BCUT2D eigenvalue weighted by Crippen LogP contribution is 2.29. The number of aromatic hydroxyl groups is 1. The van der Waals surface area contributed by atoms with Gasteiger partial charge in [-0.05, 0) is 42.0 Å². The van der Waals surface area contributed by atoms with E-state index in [0.29, 0.717) is 29.8 Å². The summed E-state index contributed by atoms with van der Waals surface area (Å²) in [6, 6.07) is 19.7. The maximum Gasteiger partial charge on any atom is 0.127 e. The van der Waals surface area contributed by atoms with Crippen LogP contribution in [0.15, 0.2) is 71.5 Å². The third kappa shape index (κ3) is 4.14. The van der Waals surface area contributed by atoms with Crippen molar-refractivity contribution in [3.05, 3.63) is 77.6 Å². The van der Waals surface area contributed by atoms with Gasteiger partial charge in [-0.15, -0.1) is 0 Å². The molecule has 5 heteroatoms. The first-order chi connectivity index (χ1) is 15.1. The molecule has 5 nitrogen and oxygen atoms in total. The number of hydrogen-bond donors (Lipinski definition) is 2. The Morgan fingerprint density at radius 2 is 1.71 bits per heavy atom. The van der Waals surface area contributed by atoms with Crippen LogP contribution >= 0.6 is 0 Å². The summed E-state index contributed by atoms with van der Waals surface area (Å²) >= 11 is 0. The molecule has 0 radical (unpaired) electrons. The third-order valence-corrected chi connectivity index (χ3v) is 6.83. The number of nitrogens with one attached hydrogen (secondary N) is 1. The molecule has 3 atom stereocenters. The molecule has 3 heterocycles. The van der Waals surface area contributed by atoms with E-state index in [9.17, 15) is 5.11 Å². The Morgan fingerprint density at radius 3 is 2.45 bits per heavy atom. The standard InChI is InChI=1S/C26H32N4O/c1-18(2)24-15-27-25-14-26-28-21(12-20-8-10-23(31)11-9-20)16-29(26)22(17-30(24)25)13-19-6-4-3-5-7-19/h3-11,14,18,21-22,24,28,31H,12-13,15-17H2,1-2H3/t21-,22-,24+/m0/s1. The van der Waals surface area contributed by atoms with E-state index in [1.165, 1.54) is 16.9 Å². The van der Waals surface area contributed by atoms with Gasteiger partial charge in [-0.3, -0.25) is 4.99 Å². The van der Waals surface area contributed by atoms with Crippen molar-refractivity contribution in [1.82, 2.24) is 15.1 Å². The molecule has 162 valence electrons. The molecule has 1 fully saturated rings. The summed E-state index contributed by atoms with van der Waals surface area (Å²) in [7, 11) is 0. The minimum atomic E-state index is 0.321. The molecule has 0 spiro atoms. The molecule has 2 aromatic rings. The summed E-state index contributed by atoms with van der Waals surface area (Å²) < 4.78 is 0. The highest BCUT2D eigenvalue weighted by atomic mass is 16.3. The molecular weight excluding hydrogens is 384 g/mol. The van der Waals surface area contributed by atoms with Crippen LogP contribution in [-0.2, 0) is 12.8 Å². The van der Waals surface area contributed by atoms with E-state index < -0.39 is 0 Å². The first kappa shape index (κ1) is 20.0. The monoisotopic (exact) mass is 416 g/mol. The van der Waals surface area contributed by atoms with Crippen LogP contribution in [0.2, 0.25) is 0 Å². The smallest absolute Gasteiger partial charge is 0.127 e. The topological polar surface area (TPSA) is 51.1 Å². The first-order valence-corrected chi connectivity index (χ1v) is 11.4. The summed E-state index contributed by atoms with van der Waals surface area (Å²) in [6.07, 6.45) is 4.24. The lowest BCUT2D eigenvalue weighted by atomic mass is 10.00. The predicted octanol–water partition coefficient (Wildman–Crippen LogP) is 3.41. The van der Waals surface area contributed by atoms with Crippen molar-refractivity contribution in [1.29, 1.82) is 0 Å². The van der Waals surface area contributed by atoms with Crippen molar-refractivity contribution in [3.8, 4) is 5.75 Å². The molecule has 0 aliphatic carbocycles. The van der Waals surface area contributed by atoms with E-state index in [1.807, 2.05) is 12.1 Å². The Balaban J connectivity index is 1.41. The highest BCUT2D eigenvalue weighted by molar-refractivity contribution is 5.95. The Labute approximate surface area is 185 Å². The zero-order valence-corrected chi connectivity index (χ0v) is 18.4. The van der Waals surface area contributed by atoms with E-state index in [2.05, 4.69) is 65.4 Å². The van der Waals surface area contributed by atoms with Crippen molar-refractivity contribution in [2.45, 2.75) is 44.8 Å². The van der Waals surface area contributed by atoms with Gasteiger partial charge in [0.1, 0.15) is 17.4 Å². The normalized spacial score (nSPS) is 24.9. The van der Waals surface area contributed by atoms with E-state index in [4.69, 9.17) is 4.99 Å². The van der Waals surface area contributed by atoms with Crippen molar-refractivity contribution in [3.63, 3.8) is 0 Å². The summed E-state index contributed by atoms with van der Waals surface area (Å²) in [5, 5.41) is 13.4. The minimum Gasteiger partial charge on any atom is -0.508 e. The average Bonchev–Trinajstić information content (AvgIpc) is 3.31. The fraction of sp³-hybridized carbons (Fsp3) is 0.423. The fourth-order valence-corrected chi connectivity index (χ4v) is 5.16. The van der Waals surface area contributed by atoms with Gasteiger partial charge < -0.3 is 20.2 Å². The lowest BCUT2D eigenvalue weighted by Crippen LogP contribution is -2.47. The van der Waals surface area contributed by atoms with Gasteiger partial charge in [-0.1, -0.05) is 56.3 Å². The zero-order chi connectivity index (χ0) is 21.4. The summed E-state index contributed by atoms with van der Waals surface area (Å²) in [4.78, 5) is 10.0. The van der Waals surface area contributed by atoms with Crippen LogP contribution in [0.3, 0.4) is 0 Å². The first-order valence-electron chi connectivity index (χ1n) is 11.4. The maximum atomic E-state index is 9.59. The van der Waals surface area contributed by atoms with E-state index in [1.54, 1.807) is 12.1 Å². The minimum absolute atomic E-state index is 0.321. The summed E-state index contributed by atoms with van der Waals surface area (Å²) in [5.41, 5.74) is 2.63. The van der Waals surface area contributed by atoms with Crippen LogP contribution in [0, 0.1) is 5.92 Å². The fourth-order valence-electron chi connectivity index (χ4n) is 5.16. The van der Waals surface area contributed by atoms with Gasteiger partial charge in [-0.2, -0.15) is 0 Å². The number of rotatable bonds is 5. The van der Waals surface area contributed by atoms with Crippen LogP contribution < -0.4 is 5.32 Å². The molecule has 3 aliphatic heterocycles. The Morgan fingerprint density at radius 1 is 0.968 bits per heavy atom. The van der Waals surface area contributed by atoms with E-state index >= 15 is 0 Å². The number of benzene rings is 2. The van der Waals surface area contributed by atoms with Gasteiger partial charge >= 0.3 is 0 Å². The van der Waals surface area contributed by atoms with Crippen LogP contribution in [0.4, 0.5) is 0 Å². The molecule has 0 amide bonds. The Kier molecular flexibility index (Phi) is 5.34. The highest BCUT2D eigenvalue weighted by Gasteiger charge is 2.39. The molecule has 1 saturated heterocycles. The molecule has 31 heavy (non-hydrogen) atoms. The van der Waals surface area contributed by atoms with Gasteiger partial charge in [0.25, 0.3) is 0 Å². The molecular formula is C26H32N4O. The lowest BCUT2D eigenvalue weighted by Gasteiger charge is -2.35. The van der Waals surface area contributed by atoms with Gasteiger partial charge in [0.05, 0.1) is 18.6 Å². The summed E-state index contributed by atoms with van der Waals surface area (Å²) in [5.74, 6) is 3.24. The second-order valence-corrected chi connectivity index (χ2v) is 9.40. The number of hydrogen-bond acceptors (Lipinski definition) is 5. The number of nitrogens with zero attached hydrogens (tertiary/aromatic N) is 3. The second-order valence-electron chi connectivity index (χ2n) is 9.40. The molecule has 3 aliphatic rings. The van der Waals surface area contributed by atoms with Crippen molar-refractivity contribution in [2.24, 2.45) is 10.9 Å². The van der Waals surface area contributed by atoms with Gasteiger partial charge in [0.15, 0.2) is 0 Å². The Bertz CT molecular complexity index is 967.